The van der Waals surface area contributed by atoms with Crippen LogP contribution in [0, 0.1) is 0 Å². The summed E-state index contributed by atoms with van der Waals surface area (Å²) in [5.41, 5.74) is 0. The molecule has 4 nitrogen and oxygen atoms in total. The van der Waals surface area contributed by atoms with Gasteiger partial charge in [0.05, 0.1) is 19.6 Å². The third kappa shape index (κ3) is 6.20. The maximum Gasteiger partial charge on any atom is 0.390 e. The van der Waals surface area contributed by atoms with Crippen molar-refractivity contribution in [3.8, 4) is 0 Å². The number of halogens is 3. The van der Waals surface area contributed by atoms with Gasteiger partial charge in [-0.3, -0.25) is 9.69 Å². The highest BCUT2D eigenvalue weighted by molar-refractivity contribution is 5.71. The van der Waals surface area contributed by atoms with Crippen molar-refractivity contribution in [3.05, 3.63) is 0 Å². The summed E-state index contributed by atoms with van der Waals surface area (Å²) in [7, 11) is 0. The lowest BCUT2D eigenvalue weighted by molar-refractivity contribution is -0.145. The molecular formula is C11H19F3N2O2. The summed E-state index contributed by atoms with van der Waals surface area (Å²) in [6.45, 7) is 4.70. The fourth-order valence-corrected chi connectivity index (χ4v) is 1.85. The van der Waals surface area contributed by atoms with Gasteiger partial charge >= 0.3 is 12.1 Å². The molecule has 106 valence electrons. The Morgan fingerprint density at radius 3 is 2.22 bits per heavy atom. The van der Waals surface area contributed by atoms with Crippen molar-refractivity contribution < 1.29 is 22.7 Å². The van der Waals surface area contributed by atoms with Crippen LogP contribution in [-0.2, 0) is 9.53 Å². The first-order valence-electron chi connectivity index (χ1n) is 6.08. The number of hydrogen-bond acceptors (Lipinski definition) is 4. The van der Waals surface area contributed by atoms with Crippen LogP contribution >= 0.6 is 0 Å². The summed E-state index contributed by atoms with van der Waals surface area (Å²) in [6.07, 6.45) is -4.87. The smallest absolute Gasteiger partial charge is 0.390 e. The lowest BCUT2D eigenvalue weighted by Gasteiger charge is -2.34. The fourth-order valence-electron chi connectivity index (χ4n) is 1.85. The molecule has 1 aliphatic rings. The average molecular weight is 268 g/mol. The molecular weight excluding hydrogens is 249 g/mol. The van der Waals surface area contributed by atoms with Crippen molar-refractivity contribution in [2.75, 3.05) is 45.9 Å². The van der Waals surface area contributed by atoms with E-state index in [0.29, 0.717) is 32.8 Å². The average Bonchev–Trinajstić information content (AvgIpc) is 2.27. The molecule has 1 fully saturated rings. The minimum absolute atomic E-state index is 0.0384. The lowest BCUT2D eigenvalue weighted by atomic mass is 10.3. The van der Waals surface area contributed by atoms with Gasteiger partial charge < -0.3 is 9.64 Å². The van der Waals surface area contributed by atoms with Crippen molar-refractivity contribution in [3.63, 3.8) is 0 Å². The predicted octanol–water partition coefficient (Wildman–Crippen LogP) is 1.12. The third-order valence-electron chi connectivity index (χ3n) is 2.83. The highest BCUT2D eigenvalue weighted by Gasteiger charge is 2.28. The van der Waals surface area contributed by atoms with Crippen LogP contribution in [0.25, 0.3) is 0 Å². The molecule has 0 aromatic carbocycles. The van der Waals surface area contributed by atoms with Gasteiger partial charge in [0.1, 0.15) is 0 Å². The maximum absolute atomic E-state index is 12.0. The van der Waals surface area contributed by atoms with Gasteiger partial charge in [0, 0.05) is 32.7 Å². The van der Waals surface area contributed by atoms with E-state index in [0.717, 1.165) is 0 Å². The second-order valence-electron chi connectivity index (χ2n) is 4.29. The van der Waals surface area contributed by atoms with Gasteiger partial charge in [0.25, 0.3) is 0 Å². The lowest BCUT2D eigenvalue weighted by Crippen LogP contribution is -2.48. The van der Waals surface area contributed by atoms with Crippen molar-refractivity contribution in [2.45, 2.75) is 19.5 Å². The van der Waals surface area contributed by atoms with Gasteiger partial charge in [-0.15, -0.1) is 0 Å². The molecule has 1 aliphatic heterocycles. The van der Waals surface area contributed by atoms with E-state index in [1.165, 1.54) is 0 Å². The van der Waals surface area contributed by atoms with Crippen LogP contribution in [0.4, 0.5) is 13.2 Å². The second kappa shape index (κ2) is 6.94. The van der Waals surface area contributed by atoms with Gasteiger partial charge in [-0.05, 0) is 6.92 Å². The van der Waals surface area contributed by atoms with Gasteiger partial charge in [0.2, 0.25) is 0 Å². The van der Waals surface area contributed by atoms with E-state index in [2.05, 4.69) is 0 Å². The summed E-state index contributed by atoms with van der Waals surface area (Å²) < 4.78 is 41.0. The van der Waals surface area contributed by atoms with Crippen molar-refractivity contribution in [2.24, 2.45) is 0 Å². The Morgan fingerprint density at radius 1 is 1.17 bits per heavy atom. The van der Waals surface area contributed by atoms with E-state index >= 15 is 0 Å². The first-order valence-corrected chi connectivity index (χ1v) is 6.08. The molecule has 0 atom stereocenters. The zero-order valence-electron chi connectivity index (χ0n) is 10.5. The minimum atomic E-state index is -4.10. The topological polar surface area (TPSA) is 32.8 Å². The molecule has 0 spiro atoms. The van der Waals surface area contributed by atoms with Crippen LogP contribution in [0.3, 0.4) is 0 Å². The number of rotatable bonds is 5. The minimum Gasteiger partial charge on any atom is -0.465 e. The third-order valence-corrected chi connectivity index (χ3v) is 2.83. The van der Waals surface area contributed by atoms with E-state index in [1.54, 1.807) is 11.8 Å². The molecule has 1 rings (SSSR count). The first kappa shape index (κ1) is 15.2. The molecule has 0 unspecified atom stereocenters. The summed E-state index contributed by atoms with van der Waals surface area (Å²) in [5.74, 6) is -0.277. The van der Waals surface area contributed by atoms with Crippen LogP contribution in [0.5, 0.6) is 0 Å². The predicted molar refractivity (Wildman–Crippen MR) is 60.2 cm³/mol. The van der Waals surface area contributed by atoms with E-state index in [1.807, 2.05) is 4.90 Å². The summed E-state index contributed by atoms with van der Waals surface area (Å²) in [4.78, 5) is 14.9. The van der Waals surface area contributed by atoms with Gasteiger partial charge in [0.15, 0.2) is 0 Å². The molecule has 1 heterocycles. The molecule has 0 aromatic rings. The van der Waals surface area contributed by atoms with Crippen LogP contribution in [-0.4, -0.2) is 67.8 Å². The Balaban J connectivity index is 2.18. The Labute approximate surface area is 105 Å². The monoisotopic (exact) mass is 268 g/mol. The molecule has 0 saturated carbocycles. The SMILES string of the molecule is CCOC(=O)CN1CCN(CCC(F)(F)F)CC1. The highest BCUT2D eigenvalue weighted by Crippen LogP contribution is 2.20. The molecule has 0 radical (unpaired) electrons. The molecule has 0 N–H and O–H groups in total. The number of esters is 1. The van der Waals surface area contributed by atoms with Crippen LogP contribution in [0.15, 0.2) is 0 Å². The number of carbonyl (C=O) groups excluding carboxylic acids is 1. The molecule has 7 heteroatoms. The molecule has 18 heavy (non-hydrogen) atoms. The number of piperazine rings is 1. The van der Waals surface area contributed by atoms with Gasteiger partial charge in [-0.2, -0.15) is 13.2 Å². The Bertz CT molecular complexity index is 264. The van der Waals surface area contributed by atoms with Crippen molar-refractivity contribution >= 4 is 5.97 Å². The number of alkyl halides is 3. The highest BCUT2D eigenvalue weighted by atomic mass is 19.4. The number of hydrogen-bond donors (Lipinski definition) is 0. The zero-order valence-corrected chi connectivity index (χ0v) is 10.5. The number of ether oxygens (including phenoxy) is 1. The molecule has 0 bridgehead atoms. The van der Waals surface area contributed by atoms with Crippen LogP contribution in [0.1, 0.15) is 13.3 Å². The number of nitrogens with zero attached hydrogens (tertiary/aromatic N) is 2. The molecule has 0 amide bonds. The van der Waals surface area contributed by atoms with E-state index in [9.17, 15) is 18.0 Å². The molecule has 0 aromatic heterocycles. The summed E-state index contributed by atoms with van der Waals surface area (Å²) in [5, 5.41) is 0. The van der Waals surface area contributed by atoms with Gasteiger partial charge in [-0.25, -0.2) is 0 Å². The molecule has 0 aliphatic carbocycles. The van der Waals surface area contributed by atoms with Gasteiger partial charge in [-0.1, -0.05) is 0 Å². The summed E-state index contributed by atoms with van der Waals surface area (Å²) >= 11 is 0. The molecule has 1 saturated heterocycles. The Hall–Kier alpha value is -0.820. The second-order valence-corrected chi connectivity index (χ2v) is 4.29. The van der Waals surface area contributed by atoms with E-state index in [-0.39, 0.29) is 19.1 Å². The quantitative estimate of drug-likeness (QED) is 0.700. The van der Waals surface area contributed by atoms with E-state index < -0.39 is 12.6 Å². The maximum atomic E-state index is 12.0. The fraction of sp³-hybridized carbons (Fsp3) is 0.909. The number of carbonyl (C=O) groups is 1. The van der Waals surface area contributed by atoms with E-state index in [4.69, 9.17) is 4.74 Å². The van der Waals surface area contributed by atoms with Crippen molar-refractivity contribution in [1.82, 2.24) is 9.80 Å². The normalized spacial score (nSPS) is 18.9. The zero-order chi connectivity index (χ0) is 13.6. The largest absolute Gasteiger partial charge is 0.465 e. The Kier molecular flexibility index (Phi) is 5.87. The van der Waals surface area contributed by atoms with Crippen molar-refractivity contribution in [1.29, 1.82) is 0 Å². The standard InChI is InChI=1S/C11H19F3N2O2/c1-2-18-10(17)9-16-7-5-15(6-8-16)4-3-11(12,13)14/h2-9H2,1H3. The first-order chi connectivity index (χ1) is 8.40. The summed E-state index contributed by atoms with van der Waals surface area (Å²) in [6, 6.07) is 0. The van der Waals surface area contributed by atoms with Crippen LogP contribution in [0.2, 0.25) is 0 Å². The van der Waals surface area contributed by atoms with Crippen LogP contribution < -0.4 is 0 Å². The Morgan fingerprint density at radius 2 is 1.72 bits per heavy atom.